The van der Waals surface area contributed by atoms with Gasteiger partial charge in [0.1, 0.15) is 13.1 Å². The largest absolute Gasteiger partial charge is 0.480 e. The third-order valence-corrected chi connectivity index (χ3v) is 1.96. The first-order valence-electron chi connectivity index (χ1n) is 4.84. The van der Waals surface area contributed by atoms with Crippen molar-refractivity contribution in [3.8, 4) is 0 Å². The van der Waals surface area contributed by atoms with Crippen LogP contribution in [0.15, 0.2) is 0 Å². The van der Waals surface area contributed by atoms with Crippen molar-refractivity contribution in [1.29, 1.82) is 0 Å². The van der Waals surface area contributed by atoms with E-state index in [2.05, 4.69) is 5.32 Å². The molecule has 0 aromatic heterocycles. The first-order valence-corrected chi connectivity index (χ1v) is 4.84. The molecule has 2 N–H and O–H groups in total. The number of carbonyl (C=O) groups excluding carboxylic acids is 2. The van der Waals surface area contributed by atoms with Gasteiger partial charge in [0, 0.05) is 20.6 Å². The Morgan fingerprint density at radius 3 is 2.19 bits per heavy atom. The summed E-state index contributed by atoms with van der Waals surface area (Å²) in [5.74, 6) is -1.38. The Labute approximate surface area is 94.0 Å². The zero-order chi connectivity index (χ0) is 12.7. The molecule has 7 heteroatoms. The van der Waals surface area contributed by atoms with E-state index < -0.39 is 12.0 Å². The third-order valence-electron chi connectivity index (χ3n) is 1.96. The maximum atomic E-state index is 11.7. The number of nitrogens with zero attached hydrogens (tertiary/aromatic N) is 2. The fourth-order valence-corrected chi connectivity index (χ4v) is 1.08. The molecule has 0 saturated carbocycles. The number of carboxylic acids is 1. The van der Waals surface area contributed by atoms with E-state index in [0.717, 1.165) is 4.90 Å². The molecule has 0 aliphatic carbocycles. The Bertz CT molecular complexity index is 280. The topological polar surface area (TPSA) is 90.0 Å². The summed E-state index contributed by atoms with van der Waals surface area (Å²) in [6.45, 7) is 1.50. The van der Waals surface area contributed by atoms with Crippen molar-refractivity contribution in [2.24, 2.45) is 0 Å². The van der Waals surface area contributed by atoms with Crippen molar-refractivity contribution in [3.05, 3.63) is 0 Å². The van der Waals surface area contributed by atoms with Gasteiger partial charge in [-0.25, -0.2) is 4.79 Å². The lowest BCUT2D eigenvalue weighted by atomic mass is 10.4. The van der Waals surface area contributed by atoms with Gasteiger partial charge in [0.05, 0.1) is 0 Å². The molecular weight excluding hydrogens is 214 g/mol. The highest BCUT2D eigenvalue weighted by Crippen LogP contribution is 1.96. The molecule has 16 heavy (non-hydrogen) atoms. The van der Waals surface area contributed by atoms with Crippen LogP contribution in [0.25, 0.3) is 0 Å². The van der Waals surface area contributed by atoms with Crippen LogP contribution in [0.1, 0.15) is 6.92 Å². The van der Waals surface area contributed by atoms with Gasteiger partial charge in [-0.3, -0.25) is 9.59 Å². The number of amides is 3. The average molecular weight is 231 g/mol. The molecule has 0 aromatic carbocycles. The second-order valence-electron chi connectivity index (χ2n) is 3.22. The SMILES string of the molecule is CCN(CC(=O)O)C(=O)N(C)CC(=O)NC. The molecule has 0 heterocycles. The van der Waals surface area contributed by atoms with E-state index in [9.17, 15) is 14.4 Å². The standard InChI is InChI=1S/C9H17N3O4/c1-4-12(6-8(14)15)9(16)11(3)5-7(13)10-2/h4-6H2,1-3H3,(H,10,13)(H,14,15). The number of hydrogen-bond acceptors (Lipinski definition) is 3. The Morgan fingerprint density at radius 2 is 1.81 bits per heavy atom. The summed E-state index contributed by atoms with van der Waals surface area (Å²) < 4.78 is 0. The number of likely N-dealkylation sites (N-methyl/N-ethyl adjacent to an activating group) is 3. The van der Waals surface area contributed by atoms with Crippen LogP contribution in [0.4, 0.5) is 4.79 Å². The van der Waals surface area contributed by atoms with E-state index in [0.29, 0.717) is 0 Å². The Balaban J connectivity index is 4.38. The molecule has 0 bridgehead atoms. The van der Waals surface area contributed by atoms with Gasteiger partial charge in [-0.15, -0.1) is 0 Å². The summed E-state index contributed by atoms with van der Waals surface area (Å²) >= 11 is 0. The van der Waals surface area contributed by atoms with Gasteiger partial charge in [0.15, 0.2) is 0 Å². The minimum atomic E-state index is -1.08. The summed E-state index contributed by atoms with van der Waals surface area (Å²) in [7, 11) is 2.91. The third kappa shape index (κ3) is 4.63. The van der Waals surface area contributed by atoms with E-state index in [-0.39, 0.29) is 25.5 Å². The average Bonchev–Trinajstić information content (AvgIpc) is 2.24. The first kappa shape index (κ1) is 14.2. The molecule has 0 aliphatic heterocycles. The van der Waals surface area contributed by atoms with E-state index in [1.807, 2.05) is 0 Å². The van der Waals surface area contributed by atoms with Gasteiger partial charge in [0.25, 0.3) is 0 Å². The normalized spacial score (nSPS) is 9.44. The number of urea groups is 1. The predicted molar refractivity (Wildman–Crippen MR) is 57.0 cm³/mol. The van der Waals surface area contributed by atoms with E-state index in [4.69, 9.17) is 5.11 Å². The van der Waals surface area contributed by atoms with Crippen LogP contribution in [0.2, 0.25) is 0 Å². The molecule has 0 fully saturated rings. The molecule has 92 valence electrons. The number of hydrogen-bond donors (Lipinski definition) is 2. The summed E-state index contributed by atoms with van der Waals surface area (Å²) in [6.07, 6.45) is 0. The van der Waals surface area contributed by atoms with Crippen molar-refractivity contribution in [1.82, 2.24) is 15.1 Å². The van der Waals surface area contributed by atoms with Gasteiger partial charge in [-0.1, -0.05) is 0 Å². The molecule has 0 atom stereocenters. The fraction of sp³-hybridized carbons (Fsp3) is 0.667. The van der Waals surface area contributed by atoms with Crippen LogP contribution in [0.5, 0.6) is 0 Å². The summed E-state index contributed by atoms with van der Waals surface area (Å²) in [4.78, 5) is 35.5. The Hall–Kier alpha value is -1.79. The van der Waals surface area contributed by atoms with Gasteiger partial charge < -0.3 is 20.2 Å². The van der Waals surface area contributed by atoms with Crippen molar-refractivity contribution in [3.63, 3.8) is 0 Å². The molecule has 7 nitrogen and oxygen atoms in total. The molecular formula is C9H17N3O4. The molecule has 0 aliphatic rings. The lowest BCUT2D eigenvalue weighted by molar-refractivity contribution is -0.137. The highest BCUT2D eigenvalue weighted by molar-refractivity contribution is 5.85. The molecule has 0 saturated heterocycles. The maximum absolute atomic E-state index is 11.7. The van der Waals surface area contributed by atoms with Crippen LogP contribution in [0.3, 0.4) is 0 Å². The van der Waals surface area contributed by atoms with E-state index in [1.54, 1.807) is 6.92 Å². The van der Waals surface area contributed by atoms with Crippen LogP contribution < -0.4 is 5.32 Å². The smallest absolute Gasteiger partial charge is 0.323 e. The second-order valence-corrected chi connectivity index (χ2v) is 3.22. The van der Waals surface area contributed by atoms with Crippen molar-refractivity contribution < 1.29 is 19.5 Å². The number of nitrogens with one attached hydrogen (secondary N) is 1. The summed E-state index contributed by atoms with van der Waals surface area (Å²) in [5, 5.41) is 11.0. The van der Waals surface area contributed by atoms with Crippen LogP contribution in [0, 0.1) is 0 Å². The Morgan fingerprint density at radius 1 is 1.25 bits per heavy atom. The van der Waals surface area contributed by atoms with Crippen molar-refractivity contribution >= 4 is 17.9 Å². The van der Waals surface area contributed by atoms with Crippen LogP contribution in [-0.2, 0) is 9.59 Å². The Kier molecular flexibility index (Phi) is 5.91. The minimum Gasteiger partial charge on any atom is -0.480 e. The van der Waals surface area contributed by atoms with Gasteiger partial charge >= 0.3 is 12.0 Å². The van der Waals surface area contributed by atoms with Crippen LogP contribution in [-0.4, -0.2) is 66.5 Å². The van der Waals surface area contributed by atoms with Gasteiger partial charge in [-0.2, -0.15) is 0 Å². The summed E-state index contributed by atoms with van der Waals surface area (Å²) in [5.41, 5.74) is 0. The molecule has 0 unspecified atom stereocenters. The molecule has 0 radical (unpaired) electrons. The number of rotatable bonds is 5. The number of carboxylic acid groups (broad SMARTS) is 1. The second kappa shape index (κ2) is 6.65. The van der Waals surface area contributed by atoms with Gasteiger partial charge in [-0.05, 0) is 6.92 Å². The van der Waals surface area contributed by atoms with Crippen LogP contribution >= 0.6 is 0 Å². The minimum absolute atomic E-state index is 0.0918. The molecule has 0 aromatic rings. The highest BCUT2D eigenvalue weighted by atomic mass is 16.4. The predicted octanol–water partition coefficient (Wildman–Crippen LogP) is -0.809. The number of aliphatic carboxylic acids is 1. The zero-order valence-corrected chi connectivity index (χ0v) is 9.69. The van der Waals surface area contributed by atoms with Gasteiger partial charge in [0.2, 0.25) is 5.91 Å². The van der Waals surface area contributed by atoms with Crippen molar-refractivity contribution in [2.75, 3.05) is 33.7 Å². The van der Waals surface area contributed by atoms with E-state index in [1.165, 1.54) is 19.0 Å². The zero-order valence-electron chi connectivity index (χ0n) is 9.69. The number of carbonyl (C=O) groups is 3. The monoisotopic (exact) mass is 231 g/mol. The van der Waals surface area contributed by atoms with E-state index >= 15 is 0 Å². The molecule has 0 spiro atoms. The molecule has 0 rings (SSSR count). The highest BCUT2D eigenvalue weighted by Gasteiger charge is 2.20. The van der Waals surface area contributed by atoms with Crippen molar-refractivity contribution in [2.45, 2.75) is 6.92 Å². The first-order chi connectivity index (χ1) is 7.42. The molecule has 3 amide bonds. The maximum Gasteiger partial charge on any atom is 0.323 e. The lowest BCUT2D eigenvalue weighted by Gasteiger charge is -2.25. The fourth-order valence-electron chi connectivity index (χ4n) is 1.08. The lowest BCUT2D eigenvalue weighted by Crippen LogP contribution is -2.46. The summed E-state index contributed by atoms with van der Waals surface area (Å²) in [6, 6.07) is -0.478. The quantitative estimate of drug-likeness (QED) is 0.647.